The zero-order valence-corrected chi connectivity index (χ0v) is 12.3. The van der Waals surface area contributed by atoms with Crippen LogP contribution < -0.4 is 5.32 Å². The second-order valence-corrected chi connectivity index (χ2v) is 5.69. The number of hydrogen-bond acceptors (Lipinski definition) is 3. The number of nitrogens with zero attached hydrogens (tertiary/aromatic N) is 1. The summed E-state index contributed by atoms with van der Waals surface area (Å²) in [6.07, 6.45) is 0.433. The molecule has 1 fully saturated rings. The Morgan fingerprint density at radius 2 is 2.00 bits per heavy atom. The molecule has 0 spiro atoms. The van der Waals surface area contributed by atoms with Gasteiger partial charge in [-0.05, 0) is 31.4 Å². The number of benzene rings is 1. The van der Waals surface area contributed by atoms with Gasteiger partial charge >= 0.3 is 0 Å². The van der Waals surface area contributed by atoms with Gasteiger partial charge < -0.3 is 10.4 Å². The molecule has 1 saturated heterocycles. The maximum atomic E-state index is 9.82. The number of aliphatic hydroxyl groups excluding tert-OH is 1. The maximum Gasteiger partial charge on any atom is 0.0787 e. The van der Waals surface area contributed by atoms with E-state index < -0.39 is 0 Å². The molecule has 2 unspecified atom stereocenters. The molecule has 0 bridgehead atoms. The van der Waals surface area contributed by atoms with Crippen LogP contribution in [0.4, 0.5) is 0 Å². The van der Waals surface area contributed by atoms with E-state index in [-0.39, 0.29) is 6.10 Å². The number of nitrogens with one attached hydrogen (secondary N) is 1. The molecular weight excluding hydrogens is 236 g/mol. The van der Waals surface area contributed by atoms with Crippen LogP contribution in [0.3, 0.4) is 0 Å². The van der Waals surface area contributed by atoms with E-state index in [4.69, 9.17) is 0 Å². The second kappa shape index (κ2) is 6.51. The van der Waals surface area contributed by atoms with Crippen LogP contribution in [0.15, 0.2) is 24.3 Å². The van der Waals surface area contributed by atoms with Gasteiger partial charge in [0.2, 0.25) is 0 Å². The summed E-state index contributed by atoms with van der Waals surface area (Å²) in [4.78, 5) is 2.51. The first-order valence-electron chi connectivity index (χ1n) is 7.37. The Hall–Kier alpha value is -0.900. The highest BCUT2D eigenvalue weighted by atomic mass is 16.3. The van der Waals surface area contributed by atoms with E-state index in [0.29, 0.717) is 12.1 Å². The summed E-state index contributed by atoms with van der Waals surface area (Å²) < 4.78 is 0. The Morgan fingerprint density at radius 3 is 2.58 bits per heavy atom. The number of aliphatic hydroxyl groups is 1. The highest BCUT2D eigenvalue weighted by Crippen LogP contribution is 2.22. The Kier molecular flexibility index (Phi) is 4.97. The van der Waals surface area contributed by atoms with Crippen molar-refractivity contribution in [2.45, 2.75) is 45.4 Å². The SMILES string of the molecule is CCC(O)c1ccc(C2CN(C(C)C)CCN2)cc1. The van der Waals surface area contributed by atoms with Crippen molar-refractivity contribution in [2.75, 3.05) is 19.6 Å². The quantitative estimate of drug-likeness (QED) is 0.875. The molecule has 1 aromatic carbocycles. The van der Waals surface area contributed by atoms with Crippen molar-refractivity contribution >= 4 is 0 Å². The summed E-state index contributed by atoms with van der Waals surface area (Å²) in [6, 6.07) is 9.42. The van der Waals surface area contributed by atoms with E-state index in [0.717, 1.165) is 31.6 Å². The molecule has 1 aromatic rings. The Balaban J connectivity index is 2.05. The maximum absolute atomic E-state index is 9.82. The fraction of sp³-hybridized carbons (Fsp3) is 0.625. The lowest BCUT2D eigenvalue weighted by molar-refractivity contribution is 0.162. The largest absolute Gasteiger partial charge is 0.388 e. The second-order valence-electron chi connectivity index (χ2n) is 5.69. The fourth-order valence-electron chi connectivity index (χ4n) is 2.65. The lowest BCUT2D eigenvalue weighted by atomic mass is 9.99. The van der Waals surface area contributed by atoms with Crippen molar-refractivity contribution < 1.29 is 5.11 Å². The van der Waals surface area contributed by atoms with Gasteiger partial charge in [0.05, 0.1) is 6.10 Å². The molecule has 2 atom stereocenters. The summed E-state index contributed by atoms with van der Waals surface area (Å²) in [5.74, 6) is 0. The molecule has 0 aromatic heterocycles. The van der Waals surface area contributed by atoms with Gasteiger partial charge in [-0.3, -0.25) is 4.90 Å². The van der Waals surface area contributed by atoms with Gasteiger partial charge in [0.1, 0.15) is 0 Å². The molecule has 0 saturated carbocycles. The molecule has 0 aliphatic carbocycles. The monoisotopic (exact) mass is 262 g/mol. The van der Waals surface area contributed by atoms with Crippen LogP contribution in [0.2, 0.25) is 0 Å². The predicted molar refractivity (Wildman–Crippen MR) is 79.1 cm³/mol. The average molecular weight is 262 g/mol. The highest BCUT2D eigenvalue weighted by Gasteiger charge is 2.22. The van der Waals surface area contributed by atoms with Gasteiger partial charge in [-0.2, -0.15) is 0 Å². The first kappa shape index (κ1) is 14.5. The van der Waals surface area contributed by atoms with Gasteiger partial charge in [0.25, 0.3) is 0 Å². The van der Waals surface area contributed by atoms with Gasteiger partial charge in [-0.1, -0.05) is 31.2 Å². The number of rotatable bonds is 4. The first-order valence-corrected chi connectivity index (χ1v) is 7.37. The number of piperazine rings is 1. The van der Waals surface area contributed by atoms with Crippen LogP contribution in [0.1, 0.15) is 50.5 Å². The minimum absolute atomic E-state index is 0.333. The summed E-state index contributed by atoms with van der Waals surface area (Å²) in [7, 11) is 0. The van der Waals surface area contributed by atoms with E-state index >= 15 is 0 Å². The Morgan fingerprint density at radius 1 is 1.32 bits per heavy atom. The van der Waals surface area contributed by atoms with Crippen LogP contribution in [0.5, 0.6) is 0 Å². The number of hydrogen-bond donors (Lipinski definition) is 2. The molecular formula is C16H26N2O. The summed E-state index contributed by atoms with van der Waals surface area (Å²) >= 11 is 0. The lowest BCUT2D eigenvalue weighted by Crippen LogP contribution is -2.48. The molecule has 2 rings (SSSR count). The minimum Gasteiger partial charge on any atom is -0.388 e. The Labute approximate surface area is 116 Å². The van der Waals surface area contributed by atoms with Crippen molar-refractivity contribution in [1.82, 2.24) is 10.2 Å². The van der Waals surface area contributed by atoms with Crippen LogP contribution in [-0.4, -0.2) is 35.7 Å². The van der Waals surface area contributed by atoms with E-state index in [9.17, 15) is 5.11 Å². The molecule has 1 heterocycles. The van der Waals surface area contributed by atoms with Gasteiger partial charge in [-0.25, -0.2) is 0 Å². The van der Waals surface area contributed by atoms with E-state index in [1.165, 1.54) is 5.56 Å². The predicted octanol–water partition coefficient (Wildman–Crippen LogP) is 2.48. The smallest absolute Gasteiger partial charge is 0.0787 e. The third kappa shape index (κ3) is 3.56. The minimum atomic E-state index is -0.333. The standard InChI is InChI=1S/C16H26N2O/c1-4-16(19)14-7-5-13(6-8-14)15-11-18(12(2)3)10-9-17-15/h5-8,12,15-17,19H,4,9-11H2,1-3H3. The first-order chi connectivity index (χ1) is 9.11. The van der Waals surface area contributed by atoms with Crippen LogP contribution in [0, 0.1) is 0 Å². The van der Waals surface area contributed by atoms with Crippen molar-refractivity contribution in [3.05, 3.63) is 35.4 Å². The molecule has 0 radical (unpaired) electrons. The Bertz CT molecular complexity index is 388. The third-order valence-corrected chi connectivity index (χ3v) is 4.05. The molecule has 19 heavy (non-hydrogen) atoms. The average Bonchev–Trinajstić information content (AvgIpc) is 2.46. The molecule has 106 valence electrons. The van der Waals surface area contributed by atoms with Gasteiger partial charge in [0.15, 0.2) is 0 Å². The summed E-state index contributed by atoms with van der Waals surface area (Å²) in [6.45, 7) is 9.74. The zero-order chi connectivity index (χ0) is 13.8. The van der Waals surface area contributed by atoms with Crippen molar-refractivity contribution in [1.29, 1.82) is 0 Å². The van der Waals surface area contributed by atoms with Crippen LogP contribution >= 0.6 is 0 Å². The molecule has 2 N–H and O–H groups in total. The lowest BCUT2D eigenvalue weighted by Gasteiger charge is -2.36. The van der Waals surface area contributed by atoms with Gasteiger partial charge in [-0.15, -0.1) is 0 Å². The summed E-state index contributed by atoms with van der Waals surface area (Å²) in [5, 5.41) is 13.4. The van der Waals surface area contributed by atoms with Crippen molar-refractivity contribution in [3.63, 3.8) is 0 Å². The molecule has 1 aliphatic rings. The van der Waals surface area contributed by atoms with E-state index in [1.807, 2.05) is 6.92 Å². The van der Waals surface area contributed by atoms with E-state index in [2.05, 4.69) is 48.3 Å². The van der Waals surface area contributed by atoms with E-state index in [1.54, 1.807) is 0 Å². The van der Waals surface area contributed by atoms with Gasteiger partial charge in [0, 0.05) is 31.7 Å². The zero-order valence-electron chi connectivity index (χ0n) is 12.3. The summed E-state index contributed by atoms with van der Waals surface area (Å²) in [5.41, 5.74) is 2.33. The molecule has 0 amide bonds. The molecule has 1 aliphatic heterocycles. The fourth-order valence-corrected chi connectivity index (χ4v) is 2.65. The molecule has 3 heteroatoms. The third-order valence-electron chi connectivity index (χ3n) is 4.05. The van der Waals surface area contributed by atoms with Crippen molar-refractivity contribution in [2.24, 2.45) is 0 Å². The topological polar surface area (TPSA) is 35.5 Å². The molecule has 3 nitrogen and oxygen atoms in total. The van der Waals surface area contributed by atoms with Crippen LogP contribution in [0.25, 0.3) is 0 Å². The van der Waals surface area contributed by atoms with Crippen LogP contribution in [-0.2, 0) is 0 Å². The highest BCUT2D eigenvalue weighted by molar-refractivity contribution is 5.27. The normalized spacial score (nSPS) is 22.7. The van der Waals surface area contributed by atoms with Crippen molar-refractivity contribution in [3.8, 4) is 0 Å².